The first-order valence-corrected chi connectivity index (χ1v) is 8.27. The van der Waals surface area contributed by atoms with Crippen LogP contribution in [0.2, 0.25) is 0 Å². The number of hydrogen-bond donors (Lipinski definition) is 1. The number of nitrogens with zero attached hydrogens (tertiary/aromatic N) is 3. The summed E-state index contributed by atoms with van der Waals surface area (Å²) in [5.41, 5.74) is 5.67. The minimum Gasteiger partial charge on any atom is -0.366 e. The van der Waals surface area contributed by atoms with E-state index in [4.69, 9.17) is 0 Å². The van der Waals surface area contributed by atoms with E-state index in [9.17, 15) is 8.78 Å². The van der Waals surface area contributed by atoms with Crippen molar-refractivity contribution in [1.82, 2.24) is 15.4 Å². The maximum Gasteiger partial charge on any atom is 0.164 e. The molecule has 1 aromatic heterocycles. The Bertz CT molecular complexity index is 684. The molecule has 4 nitrogen and oxygen atoms in total. The number of aromatic nitrogens is 1. The first-order valence-electron chi connectivity index (χ1n) is 8.27. The average molecular weight is 332 g/mol. The molecule has 0 radical (unpaired) electrons. The summed E-state index contributed by atoms with van der Waals surface area (Å²) in [6, 6.07) is 6.95. The summed E-state index contributed by atoms with van der Waals surface area (Å²) in [7, 11) is 0. The van der Waals surface area contributed by atoms with Gasteiger partial charge >= 0.3 is 0 Å². The molecule has 1 aliphatic rings. The van der Waals surface area contributed by atoms with Crippen molar-refractivity contribution in [1.29, 1.82) is 0 Å². The van der Waals surface area contributed by atoms with Gasteiger partial charge in [0.15, 0.2) is 5.82 Å². The molecular formula is C18H22F2N4. The van der Waals surface area contributed by atoms with E-state index in [1.165, 1.54) is 12.3 Å². The maximum atomic E-state index is 13.9. The molecule has 0 spiro atoms. The minimum atomic E-state index is -0.294. The molecular weight excluding hydrogens is 310 g/mol. The summed E-state index contributed by atoms with van der Waals surface area (Å²) in [6.45, 7) is 5.44. The normalized spacial score (nSPS) is 15.7. The Hall–Kier alpha value is -2.05. The number of aryl methyl sites for hydroxylation is 1. The van der Waals surface area contributed by atoms with Gasteiger partial charge in [0.1, 0.15) is 5.82 Å². The molecule has 0 aliphatic carbocycles. The van der Waals surface area contributed by atoms with Crippen molar-refractivity contribution in [2.45, 2.75) is 19.9 Å². The fraction of sp³-hybridized carbons (Fsp3) is 0.389. The van der Waals surface area contributed by atoms with Gasteiger partial charge in [-0.15, -0.1) is 0 Å². The molecule has 1 saturated heterocycles. The number of nitrogens with one attached hydrogen (secondary N) is 1. The number of anilines is 1. The molecule has 3 rings (SSSR count). The van der Waals surface area contributed by atoms with Crippen molar-refractivity contribution in [3.63, 3.8) is 0 Å². The predicted octanol–water partition coefficient (Wildman–Crippen LogP) is 2.75. The van der Waals surface area contributed by atoms with Crippen LogP contribution in [-0.2, 0) is 13.0 Å². The monoisotopic (exact) mass is 332 g/mol. The van der Waals surface area contributed by atoms with Gasteiger partial charge in [-0.25, -0.2) is 13.8 Å². The van der Waals surface area contributed by atoms with Gasteiger partial charge in [0.25, 0.3) is 0 Å². The largest absolute Gasteiger partial charge is 0.366 e. The highest BCUT2D eigenvalue weighted by Crippen LogP contribution is 2.19. The van der Waals surface area contributed by atoms with E-state index in [0.29, 0.717) is 30.9 Å². The third-order valence-corrected chi connectivity index (χ3v) is 4.38. The number of hydrogen-bond acceptors (Lipinski definition) is 4. The Morgan fingerprint density at radius 3 is 2.58 bits per heavy atom. The zero-order valence-electron chi connectivity index (χ0n) is 13.8. The molecule has 6 heteroatoms. The third-order valence-electron chi connectivity index (χ3n) is 4.38. The zero-order valence-corrected chi connectivity index (χ0v) is 13.8. The minimum absolute atomic E-state index is 0.183. The molecule has 0 atom stereocenters. The lowest BCUT2D eigenvalue weighted by Gasteiger charge is -2.36. The zero-order chi connectivity index (χ0) is 16.9. The maximum absolute atomic E-state index is 13.9. The summed E-state index contributed by atoms with van der Waals surface area (Å²) >= 11 is 0. The van der Waals surface area contributed by atoms with Gasteiger partial charge in [0, 0.05) is 44.5 Å². The molecule has 1 aliphatic heterocycles. The number of hydrazine groups is 1. The Morgan fingerprint density at radius 2 is 1.88 bits per heavy atom. The van der Waals surface area contributed by atoms with Gasteiger partial charge < -0.3 is 4.90 Å². The summed E-state index contributed by atoms with van der Waals surface area (Å²) < 4.78 is 27.7. The fourth-order valence-corrected chi connectivity index (χ4v) is 2.91. The lowest BCUT2D eigenvalue weighted by Crippen LogP contribution is -2.52. The van der Waals surface area contributed by atoms with Crippen molar-refractivity contribution in [3.05, 3.63) is 59.4 Å². The van der Waals surface area contributed by atoms with Crippen LogP contribution >= 0.6 is 0 Å². The van der Waals surface area contributed by atoms with Crippen molar-refractivity contribution in [2.75, 3.05) is 31.1 Å². The number of pyridine rings is 1. The van der Waals surface area contributed by atoms with Crippen LogP contribution in [0.1, 0.15) is 18.1 Å². The van der Waals surface area contributed by atoms with E-state index in [1.54, 1.807) is 12.3 Å². The standard InChI is InChI=1S/C18H22F2N4/c1-2-14-3-4-16(19)15(11-14)12-22-24-9-7-23(8-10-24)18-5-6-21-13-17(18)20/h3-6,11,13,22H,2,7-10,12H2,1H3. The molecule has 2 heterocycles. The van der Waals surface area contributed by atoms with Gasteiger partial charge in [-0.1, -0.05) is 19.1 Å². The van der Waals surface area contributed by atoms with Crippen LogP contribution in [0.3, 0.4) is 0 Å². The van der Waals surface area contributed by atoms with Crippen LogP contribution in [0.5, 0.6) is 0 Å². The topological polar surface area (TPSA) is 31.4 Å². The SMILES string of the molecule is CCc1ccc(F)c(CNN2CCN(c3ccncc3F)CC2)c1. The van der Waals surface area contributed by atoms with Crippen molar-refractivity contribution < 1.29 is 8.78 Å². The fourth-order valence-electron chi connectivity index (χ4n) is 2.91. The molecule has 1 aromatic carbocycles. The number of rotatable bonds is 5. The van der Waals surface area contributed by atoms with E-state index < -0.39 is 0 Å². The quantitative estimate of drug-likeness (QED) is 0.912. The second-order valence-corrected chi connectivity index (χ2v) is 5.92. The highest BCUT2D eigenvalue weighted by atomic mass is 19.1. The van der Waals surface area contributed by atoms with E-state index in [-0.39, 0.29) is 11.6 Å². The van der Waals surface area contributed by atoms with Crippen LogP contribution in [0, 0.1) is 11.6 Å². The lowest BCUT2D eigenvalue weighted by atomic mass is 10.1. The van der Waals surface area contributed by atoms with Gasteiger partial charge in [0.2, 0.25) is 0 Å². The summed E-state index contributed by atoms with van der Waals surface area (Å²) in [5.74, 6) is -0.477. The second-order valence-electron chi connectivity index (χ2n) is 5.92. The number of halogens is 2. The molecule has 0 amide bonds. The Morgan fingerprint density at radius 1 is 1.08 bits per heavy atom. The van der Waals surface area contributed by atoms with Gasteiger partial charge in [-0.3, -0.25) is 10.4 Å². The first kappa shape index (κ1) is 16.8. The van der Waals surface area contributed by atoms with E-state index in [1.807, 2.05) is 17.0 Å². The summed E-state index contributed by atoms with van der Waals surface area (Å²) in [4.78, 5) is 5.79. The van der Waals surface area contributed by atoms with Crippen molar-refractivity contribution in [2.24, 2.45) is 0 Å². The Kier molecular flexibility index (Phi) is 5.37. The molecule has 24 heavy (non-hydrogen) atoms. The average Bonchev–Trinajstić information content (AvgIpc) is 2.62. The van der Waals surface area contributed by atoms with Crippen LogP contribution in [0.4, 0.5) is 14.5 Å². The Labute approximate surface area is 141 Å². The van der Waals surface area contributed by atoms with E-state index in [0.717, 1.165) is 25.1 Å². The highest BCUT2D eigenvalue weighted by Gasteiger charge is 2.19. The smallest absolute Gasteiger partial charge is 0.164 e. The van der Waals surface area contributed by atoms with E-state index in [2.05, 4.69) is 22.3 Å². The van der Waals surface area contributed by atoms with E-state index >= 15 is 0 Å². The van der Waals surface area contributed by atoms with Gasteiger partial charge in [0.05, 0.1) is 11.9 Å². The number of benzene rings is 1. The number of piperazine rings is 1. The first-order chi connectivity index (χ1) is 11.7. The molecule has 0 bridgehead atoms. The van der Waals surface area contributed by atoms with Crippen LogP contribution in [-0.4, -0.2) is 36.2 Å². The second kappa shape index (κ2) is 7.68. The van der Waals surface area contributed by atoms with Crippen LogP contribution in [0.15, 0.2) is 36.7 Å². The van der Waals surface area contributed by atoms with Gasteiger partial charge in [-0.2, -0.15) is 0 Å². The van der Waals surface area contributed by atoms with Crippen LogP contribution < -0.4 is 10.3 Å². The third kappa shape index (κ3) is 3.88. The van der Waals surface area contributed by atoms with Crippen LogP contribution in [0.25, 0.3) is 0 Å². The molecule has 2 aromatic rings. The Balaban J connectivity index is 1.54. The summed E-state index contributed by atoms with van der Waals surface area (Å²) in [6.07, 6.45) is 3.74. The highest BCUT2D eigenvalue weighted by molar-refractivity contribution is 5.46. The lowest BCUT2D eigenvalue weighted by molar-refractivity contribution is 0.171. The summed E-state index contributed by atoms with van der Waals surface area (Å²) in [5, 5.41) is 2.06. The molecule has 0 saturated carbocycles. The molecule has 1 fully saturated rings. The van der Waals surface area contributed by atoms with Crippen molar-refractivity contribution in [3.8, 4) is 0 Å². The van der Waals surface area contributed by atoms with Crippen molar-refractivity contribution >= 4 is 5.69 Å². The molecule has 1 N–H and O–H groups in total. The molecule has 128 valence electrons. The van der Waals surface area contributed by atoms with Gasteiger partial charge in [-0.05, 0) is 24.1 Å². The molecule has 0 unspecified atom stereocenters. The predicted molar refractivity (Wildman–Crippen MR) is 90.6 cm³/mol.